The van der Waals surface area contributed by atoms with Crippen LogP contribution in [0.5, 0.6) is 0 Å². The lowest BCUT2D eigenvalue weighted by molar-refractivity contribution is 0.269. The summed E-state index contributed by atoms with van der Waals surface area (Å²) in [6.07, 6.45) is 5.51. The Morgan fingerprint density at radius 2 is 1.89 bits per heavy atom. The first kappa shape index (κ1) is 13.4. The molecule has 0 saturated heterocycles. The van der Waals surface area contributed by atoms with Gasteiger partial charge in [-0.2, -0.15) is 0 Å². The molecule has 0 bridgehead atoms. The number of nitrogens with zero attached hydrogens (tertiary/aromatic N) is 1. The Labute approximate surface area is 111 Å². The van der Waals surface area contributed by atoms with Crippen molar-refractivity contribution in [1.82, 2.24) is 5.32 Å². The predicted octanol–water partition coefficient (Wildman–Crippen LogP) is 3.29. The van der Waals surface area contributed by atoms with Gasteiger partial charge in [0.15, 0.2) is 0 Å². The largest absolute Gasteiger partial charge is 0.374 e. The fourth-order valence-corrected chi connectivity index (χ4v) is 3.10. The second-order valence-electron chi connectivity index (χ2n) is 5.42. The quantitative estimate of drug-likeness (QED) is 0.857. The summed E-state index contributed by atoms with van der Waals surface area (Å²) < 4.78 is 0. The predicted molar refractivity (Wildman–Crippen MR) is 79.1 cm³/mol. The Hall–Kier alpha value is -1.02. The van der Waals surface area contributed by atoms with Crippen LogP contribution in [0.2, 0.25) is 0 Å². The Kier molecular flexibility index (Phi) is 5.06. The highest BCUT2D eigenvalue weighted by atomic mass is 15.1. The molecule has 18 heavy (non-hydrogen) atoms. The zero-order chi connectivity index (χ0) is 12.8. The summed E-state index contributed by atoms with van der Waals surface area (Å²) in [5.41, 5.74) is 1.33. The van der Waals surface area contributed by atoms with E-state index >= 15 is 0 Å². The molecule has 2 heteroatoms. The first-order chi connectivity index (χ1) is 8.81. The molecule has 1 aromatic rings. The van der Waals surface area contributed by atoms with E-state index in [-0.39, 0.29) is 0 Å². The van der Waals surface area contributed by atoms with E-state index in [4.69, 9.17) is 0 Å². The molecule has 0 amide bonds. The highest BCUT2D eigenvalue weighted by Gasteiger charge is 2.25. The molecule has 2 atom stereocenters. The van der Waals surface area contributed by atoms with Crippen LogP contribution in [-0.2, 0) is 0 Å². The smallest absolute Gasteiger partial charge is 0.0363 e. The van der Waals surface area contributed by atoms with Crippen molar-refractivity contribution in [1.29, 1.82) is 0 Å². The lowest BCUT2D eigenvalue weighted by Gasteiger charge is -2.35. The van der Waals surface area contributed by atoms with Gasteiger partial charge in [-0.25, -0.2) is 0 Å². The van der Waals surface area contributed by atoms with Gasteiger partial charge >= 0.3 is 0 Å². The third-order valence-corrected chi connectivity index (χ3v) is 4.08. The van der Waals surface area contributed by atoms with Gasteiger partial charge in [-0.1, -0.05) is 38.0 Å². The van der Waals surface area contributed by atoms with Crippen LogP contribution in [0.25, 0.3) is 0 Å². The summed E-state index contributed by atoms with van der Waals surface area (Å²) in [5.74, 6) is 0.795. The molecule has 0 aliphatic heterocycles. The first-order valence-electron chi connectivity index (χ1n) is 7.31. The van der Waals surface area contributed by atoms with Crippen molar-refractivity contribution in [3.05, 3.63) is 30.3 Å². The summed E-state index contributed by atoms with van der Waals surface area (Å²) in [6.45, 7) is 4.48. The summed E-state index contributed by atoms with van der Waals surface area (Å²) in [5, 5.41) is 3.66. The number of anilines is 1. The number of benzene rings is 1. The van der Waals surface area contributed by atoms with Crippen LogP contribution in [0.3, 0.4) is 0 Å². The van der Waals surface area contributed by atoms with Crippen molar-refractivity contribution in [3.8, 4) is 0 Å². The molecule has 0 radical (unpaired) electrons. The Balaban J connectivity index is 1.94. The van der Waals surface area contributed by atoms with Gasteiger partial charge in [0.2, 0.25) is 0 Å². The number of rotatable bonds is 5. The standard InChI is InChI=1S/C16H26N2/c1-3-17-16-12-8-7-9-14(16)13-18(2)15-10-5-4-6-11-15/h4-6,10-11,14,16-17H,3,7-9,12-13H2,1-2H3. The van der Waals surface area contributed by atoms with E-state index in [1.165, 1.54) is 37.9 Å². The maximum Gasteiger partial charge on any atom is 0.0363 e. The highest BCUT2D eigenvalue weighted by Crippen LogP contribution is 2.26. The van der Waals surface area contributed by atoms with Gasteiger partial charge in [-0.05, 0) is 37.4 Å². The molecule has 2 nitrogen and oxygen atoms in total. The van der Waals surface area contributed by atoms with E-state index < -0.39 is 0 Å². The summed E-state index contributed by atoms with van der Waals surface area (Å²) in [6, 6.07) is 11.4. The summed E-state index contributed by atoms with van der Waals surface area (Å²) >= 11 is 0. The molecular formula is C16H26N2. The second kappa shape index (κ2) is 6.79. The molecule has 1 aliphatic carbocycles. The molecule has 1 fully saturated rings. The molecule has 1 saturated carbocycles. The Morgan fingerprint density at radius 1 is 1.17 bits per heavy atom. The molecule has 2 rings (SSSR count). The molecule has 1 aliphatic rings. The van der Waals surface area contributed by atoms with Crippen molar-refractivity contribution in [2.45, 2.75) is 38.6 Å². The van der Waals surface area contributed by atoms with Crippen LogP contribution in [-0.4, -0.2) is 26.2 Å². The zero-order valence-electron chi connectivity index (χ0n) is 11.7. The van der Waals surface area contributed by atoms with E-state index in [0.29, 0.717) is 0 Å². The van der Waals surface area contributed by atoms with Gasteiger partial charge < -0.3 is 10.2 Å². The van der Waals surface area contributed by atoms with Crippen molar-refractivity contribution < 1.29 is 0 Å². The Bertz CT molecular complexity index is 334. The van der Waals surface area contributed by atoms with Crippen LogP contribution in [0.1, 0.15) is 32.6 Å². The molecule has 0 spiro atoms. The maximum absolute atomic E-state index is 3.66. The maximum atomic E-state index is 3.66. The van der Waals surface area contributed by atoms with Gasteiger partial charge in [-0.15, -0.1) is 0 Å². The molecule has 0 heterocycles. The van der Waals surface area contributed by atoms with Crippen molar-refractivity contribution in [2.75, 3.05) is 25.0 Å². The molecule has 100 valence electrons. The van der Waals surface area contributed by atoms with Crippen molar-refractivity contribution in [3.63, 3.8) is 0 Å². The van der Waals surface area contributed by atoms with E-state index in [0.717, 1.165) is 18.5 Å². The Morgan fingerprint density at radius 3 is 2.61 bits per heavy atom. The van der Waals surface area contributed by atoms with E-state index in [1.54, 1.807) is 0 Å². The zero-order valence-corrected chi connectivity index (χ0v) is 11.7. The van der Waals surface area contributed by atoms with Gasteiger partial charge in [0.1, 0.15) is 0 Å². The second-order valence-corrected chi connectivity index (χ2v) is 5.42. The first-order valence-corrected chi connectivity index (χ1v) is 7.31. The molecule has 2 unspecified atom stereocenters. The van der Waals surface area contributed by atoms with Crippen LogP contribution < -0.4 is 10.2 Å². The minimum atomic E-state index is 0.718. The van der Waals surface area contributed by atoms with Gasteiger partial charge in [0.05, 0.1) is 0 Å². The molecule has 1 N–H and O–H groups in total. The topological polar surface area (TPSA) is 15.3 Å². The molecular weight excluding hydrogens is 220 g/mol. The lowest BCUT2D eigenvalue weighted by atomic mass is 9.84. The van der Waals surface area contributed by atoms with E-state index in [1.807, 2.05) is 0 Å². The van der Waals surface area contributed by atoms with Gasteiger partial charge in [-0.3, -0.25) is 0 Å². The van der Waals surface area contributed by atoms with E-state index in [9.17, 15) is 0 Å². The number of hydrogen-bond donors (Lipinski definition) is 1. The fraction of sp³-hybridized carbons (Fsp3) is 0.625. The van der Waals surface area contributed by atoms with E-state index in [2.05, 4.69) is 54.5 Å². The average molecular weight is 246 g/mol. The van der Waals surface area contributed by atoms with Crippen LogP contribution >= 0.6 is 0 Å². The number of para-hydroxylation sites is 1. The lowest BCUT2D eigenvalue weighted by Crippen LogP contribution is -2.43. The van der Waals surface area contributed by atoms with Crippen molar-refractivity contribution in [2.24, 2.45) is 5.92 Å². The van der Waals surface area contributed by atoms with Crippen LogP contribution in [0, 0.1) is 5.92 Å². The third kappa shape index (κ3) is 3.49. The monoisotopic (exact) mass is 246 g/mol. The number of hydrogen-bond acceptors (Lipinski definition) is 2. The van der Waals surface area contributed by atoms with Gasteiger partial charge in [0.25, 0.3) is 0 Å². The van der Waals surface area contributed by atoms with Crippen molar-refractivity contribution >= 4 is 5.69 Å². The summed E-state index contributed by atoms with van der Waals surface area (Å²) in [4.78, 5) is 2.40. The molecule has 1 aromatic carbocycles. The highest BCUT2D eigenvalue weighted by molar-refractivity contribution is 5.45. The van der Waals surface area contributed by atoms with Crippen LogP contribution in [0.4, 0.5) is 5.69 Å². The summed E-state index contributed by atoms with van der Waals surface area (Å²) in [7, 11) is 2.22. The SMILES string of the molecule is CCNC1CCCCC1CN(C)c1ccccc1. The average Bonchev–Trinajstić information content (AvgIpc) is 2.42. The van der Waals surface area contributed by atoms with Gasteiger partial charge in [0, 0.05) is 25.3 Å². The van der Waals surface area contributed by atoms with Crippen LogP contribution in [0.15, 0.2) is 30.3 Å². The fourth-order valence-electron chi connectivity index (χ4n) is 3.10. The molecule has 0 aromatic heterocycles. The minimum absolute atomic E-state index is 0.718. The normalized spacial score (nSPS) is 23.9. The minimum Gasteiger partial charge on any atom is -0.374 e. The third-order valence-electron chi connectivity index (χ3n) is 4.08. The number of nitrogens with one attached hydrogen (secondary N) is 1.